The molecule has 0 aliphatic carbocycles. The molecule has 3 N–H and O–H groups in total. The number of nitrogens with zero attached hydrogens (tertiary/aromatic N) is 2. The first-order valence-electron chi connectivity index (χ1n) is 5.59. The number of aromatic nitrogens is 2. The lowest BCUT2D eigenvalue weighted by atomic mass is 10.2. The first-order chi connectivity index (χ1) is 8.83. The zero-order chi connectivity index (χ0) is 12.4. The predicted octanol–water partition coefficient (Wildman–Crippen LogP) is 2.42. The third-order valence-corrected chi connectivity index (χ3v) is 2.67. The molecule has 5 nitrogen and oxygen atoms in total. The quantitative estimate of drug-likeness (QED) is 0.687. The molecule has 3 aromatic rings. The van der Waals surface area contributed by atoms with Crippen molar-refractivity contribution in [2.24, 2.45) is 0 Å². The van der Waals surface area contributed by atoms with E-state index in [2.05, 4.69) is 15.3 Å². The highest BCUT2D eigenvalue weighted by Crippen LogP contribution is 2.22. The zero-order valence-electron chi connectivity index (χ0n) is 9.63. The zero-order valence-corrected chi connectivity index (χ0v) is 9.63. The fourth-order valence-corrected chi connectivity index (χ4v) is 1.80. The summed E-state index contributed by atoms with van der Waals surface area (Å²) < 4.78 is 5.26. The van der Waals surface area contributed by atoms with Crippen LogP contribution in [-0.4, -0.2) is 9.97 Å². The molecule has 2 aromatic heterocycles. The fourth-order valence-electron chi connectivity index (χ4n) is 1.80. The number of nitrogens with two attached hydrogens (primary N) is 1. The number of furan rings is 1. The standard InChI is InChI=1S/C13H12N4O/c14-9-3-4-12-11(6-9)13(17-8-16-12)15-7-10-2-1-5-18-10/h1-6,8H,7,14H2,(H,15,16,17). The van der Waals surface area contributed by atoms with E-state index in [1.807, 2.05) is 30.3 Å². The van der Waals surface area contributed by atoms with Crippen molar-refractivity contribution in [1.82, 2.24) is 9.97 Å². The smallest absolute Gasteiger partial charge is 0.137 e. The molecule has 0 aliphatic heterocycles. The lowest BCUT2D eigenvalue weighted by Gasteiger charge is -2.07. The van der Waals surface area contributed by atoms with Crippen molar-refractivity contribution in [2.45, 2.75) is 6.54 Å². The van der Waals surface area contributed by atoms with Crippen LogP contribution in [0.3, 0.4) is 0 Å². The van der Waals surface area contributed by atoms with Gasteiger partial charge in [-0.1, -0.05) is 0 Å². The largest absolute Gasteiger partial charge is 0.467 e. The van der Waals surface area contributed by atoms with E-state index in [9.17, 15) is 0 Å². The number of hydrogen-bond acceptors (Lipinski definition) is 5. The van der Waals surface area contributed by atoms with E-state index >= 15 is 0 Å². The molecule has 0 saturated heterocycles. The molecule has 3 rings (SSSR count). The number of hydrogen-bond donors (Lipinski definition) is 2. The minimum atomic E-state index is 0.577. The van der Waals surface area contributed by atoms with Gasteiger partial charge < -0.3 is 15.5 Å². The Balaban J connectivity index is 1.93. The second-order valence-electron chi connectivity index (χ2n) is 3.93. The molecular formula is C13H12N4O. The summed E-state index contributed by atoms with van der Waals surface area (Å²) in [5, 5.41) is 4.12. The first kappa shape index (κ1) is 10.6. The Morgan fingerprint density at radius 1 is 1.22 bits per heavy atom. The Kier molecular flexibility index (Phi) is 2.57. The maximum atomic E-state index is 5.78. The molecule has 0 fully saturated rings. The molecular weight excluding hydrogens is 228 g/mol. The van der Waals surface area contributed by atoms with Crippen LogP contribution < -0.4 is 11.1 Å². The third-order valence-electron chi connectivity index (χ3n) is 2.67. The minimum Gasteiger partial charge on any atom is -0.467 e. The Morgan fingerprint density at radius 3 is 3.00 bits per heavy atom. The number of fused-ring (bicyclic) bond motifs is 1. The third kappa shape index (κ3) is 1.98. The van der Waals surface area contributed by atoms with Crippen molar-refractivity contribution < 1.29 is 4.42 Å². The van der Waals surface area contributed by atoms with Gasteiger partial charge in [0.2, 0.25) is 0 Å². The average Bonchev–Trinajstić information content (AvgIpc) is 2.89. The molecule has 0 bridgehead atoms. The van der Waals surface area contributed by atoms with Crippen molar-refractivity contribution in [3.8, 4) is 0 Å². The van der Waals surface area contributed by atoms with Gasteiger partial charge in [-0.15, -0.1) is 0 Å². The predicted molar refractivity (Wildman–Crippen MR) is 70.0 cm³/mol. The van der Waals surface area contributed by atoms with Crippen LogP contribution in [0, 0.1) is 0 Å². The van der Waals surface area contributed by atoms with Crippen LogP contribution in [0.4, 0.5) is 11.5 Å². The van der Waals surface area contributed by atoms with E-state index < -0.39 is 0 Å². The molecule has 5 heteroatoms. The van der Waals surface area contributed by atoms with E-state index in [0.717, 1.165) is 22.5 Å². The van der Waals surface area contributed by atoms with Gasteiger partial charge >= 0.3 is 0 Å². The molecule has 90 valence electrons. The van der Waals surface area contributed by atoms with E-state index in [0.29, 0.717) is 12.2 Å². The highest BCUT2D eigenvalue weighted by Gasteiger charge is 2.04. The van der Waals surface area contributed by atoms with Gasteiger partial charge in [-0.05, 0) is 30.3 Å². The molecule has 0 radical (unpaired) electrons. The highest BCUT2D eigenvalue weighted by atomic mass is 16.3. The molecule has 18 heavy (non-hydrogen) atoms. The van der Waals surface area contributed by atoms with Gasteiger partial charge in [0, 0.05) is 11.1 Å². The van der Waals surface area contributed by atoms with Crippen LogP contribution in [0.1, 0.15) is 5.76 Å². The van der Waals surface area contributed by atoms with Crippen molar-refractivity contribution in [2.75, 3.05) is 11.1 Å². The molecule has 2 heterocycles. The monoisotopic (exact) mass is 240 g/mol. The van der Waals surface area contributed by atoms with Gasteiger partial charge in [0.15, 0.2) is 0 Å². The summed E-state index contributed by atoms with van der Waals surface area (Å²) >= 11 is 0. The van der Waals surface area contributed by atoms with Crippen molar-refractivity contribution in [1.29, 1.82) is 0 Å². The number of rotatable bonds is 3. The molecule has 1 aromatic carbocycles. The number of nitrogens with one attached hydrogen (secondary N) is 1. The van der Waals surface area contributed by atoms with Crippen LogP contribution in [0.15, 0.2) is 47.3 Å². The Bertz CT molecular complexity index is 664. The average molecular weight is 240 g/mol. The van der Waals surface area contributed by atoms with Gasteiger partial charge in [0.25, 0.3) is 0 Å². The summed E-state index contributed by atoms with van der Waals surface area (Å²) in [6.07, 6.45) is 3.18. The maximum absolute atomic E-state index is 5.78. The van der Waals surface area contributed by atoms with Gasteiger partial charge in [0.05, 0.1) is 18.3 Å². The summed E-state index contributed by atoms with van der Waals surface area (Å²) in [4.78, 5) is 8.43. The molecule has 0 spiro atoms. The van der Waals surface area contributed by atoms with Gasteiger partial charge in [-0.2, -0.15) is 0 Å². The molecule has 0 unspecified atom stereocenters. The van der Waals surface area contributed by atoms with Crippen LogP contribution in [0.5, 0.6) is 0 Å². The summed E-state index contributed by atoms with van der Waals surface area (Å²) in [6, 6.07) is 9.33. The maximum Gasteiger partial charge on any atom is 0.137 e. The summed E-state index contributed by atoms with van der Waals surface area (Å²) in [5.74, 6) is 1.61. The Hall–Kier alpha value is -2.56. The van der Waals surface area contributed by atoms with Gasteiger partial charge in [0.1, 0.15) is 17.9 Å². The second-order valence-corrected chi connectivity index (χ2v) is 3.93. The van der Waals surface area contributed by atoms with E-state index in [-0.39, 0.29) is 0 Å². The Labute approximate surface area is 104 Å². The lowest BCUT2D eigenvalue weighted by Crippen LogP contribution is -2.02. The van der Waals surface area contributed by atoms with Crippen LogP contribution in [0.2, 0.25) is 0 Å². The second kappa shape index (κ2) is 4.37. The normalized spacial score (nSPS) is 10.7. The molecule has 0 aliphatic rings. The van der Waals surface area contributed by atoms with Crippen LogP contribution in [0.25, 0.3) is 10.9 Å². The topological polar surface area (TPSA) is 77.0 Å². The number of benzene rings is 1. The first-order valence-corrected chi connectivity index (χ1v) is 5.59. The summed E-state index contributed by atoms with van der Waals surface area (Å²) in [6.45, 7) is 0.577. The summed E-state index contributed by atoms with van der Waals surface area (Å²) in [7, 11) is 0. The van der Waals surface area contributed by atoms with E-state index in [4.69, 9.17) is 10.2 Å². The Morgan fingerprint density at radius 2 is 2.17 bits per heavy atom. The molecule has 0 saturated carbocycles. The number of nitrogen functional groups attached to an aromatic ring is 1. The molecule has 0 atom stereocenters. The van der Waals surface area contributed by atoms with Crippen LogP contribution in [-0.2, 0) is 6.54 Å². The highest BCUT2D eigenvalue weighted by molar-refractivity contribution is 5.91. The summed E-state index contributed by atoms with van der Waals surface area (Å²) in [5.41, 5.74) is 7.34. The fraction of sp³-hybridized carbons (Fsp3) is 0.0769. The van der Waals surface area contributed by atoms with Gasteiger partial charge in [-0.25, -0.2) is 9.97 Å². The van der Waals surface area contributed by atoms with Crippen LogP contribution >= 0.6 is 0 Å². The minimum absolute atomic E-state index is 0.577. The van der Waals surface area contributed by atoms with E-state index in [1.54, 1.807) is 6.26 Å². The van der Waals surface area contributed by atoms with Crippen molar-refractivity contribution in [3.05, 3.63) is 48.7 Å². The SMILES string of the molecule is Nc1ccc2ncnc(NCc3ccco3)c2c1. The van der Waals surface area contributed by atoms with Crippen molar-refractivity contribution >= 4 is 22.4 Å². The lowest BCUT2D eigenvalue weighted by molar-refractivity contribution is 0.518. The van der Waals surface area contributed by atoms with Crippen molar-refractivity contribution in [3.63, 3.8) is 0 Å². The van der Waals surface area contributed by atoms with Gasteiger partial charge in [-0.3, -0.25) is 0 Å². The number of anilines is 2. The van der Waals surface area contributed by atoms with E-state index in [1.165, 1.54) is 6.33 Å². The molecule has 0 amide bonds.